The van der Waals surface area contributed by atoms with Crippen molar-refractivity contribution in [3.63, 3.8) is 0 Å². The molecule has 0 bridgehead atoms. The topological polar surface area (TPSA) is 41.6 Å². The van der Waals surface area contributed by atoms with Crippen molar-refractivity contribution in [1.29, 1.82) is 0 Å². The standard InChI is InChI=1S/C20H21FN2O2/c21-16-7-5-14(6-8-16)12-22-20(24)17-11-15-3-1-2-4-18(15)23-9-10-25-13-19(17)23/h1-8,17,19H,9-13H2,(H,22,24). The highest BCUT2D eigenvalue weighted by molar-refractivity contribution is 5.82. The van der Waals surface area contributed by atoms with E-state index < -0.39 is 0 Å². The van der Waals surface area contributed by atoms with Gasteiger partial charge >= 0.3 is 0 Å². The van der Waals surface area contributed by atoms with Crippen LogP contribution in [-0.4, -0.2) is 31.7 Å². The Morgan fingerprint density at radius 1 is 1.20 bits per heavy atom. The van der Waals surface area contributed by atoms with Gasteiger partial charge in [0.05, 0.1) is 25.2 Å². The summed E-state index contributed by atoms with van der Waals surface area (Å²) in [6.07, 6.45) is 0.718. The van der Waals surface area contributed by atoms with Crippen LogP contribution in [0.15, 0.2) is 48.5 Å². The molecule has 25 heavy (non-hydrogen) atoms. The number of amides is 1. The van der Waals surface area contributed by atoms with E-state index in [0.29, 0.717) is 19.8 Å². The van der Waals surface area contributed by atoms with Crippen molar-refractivity contribution in [3.05, 3.63) is 65.5 Å². The maximum Gasteiger partial charge on any atom is 0.225 e. The monoisotopic (exact) mass is 340 g/mol. The predicted molar refractivity (Wildman–Crippen MR) is 93.8 cm³/mol. The molecular weight excluding hydrogens is 319 g/mol. The molecule has 0 aromatic heterocycles. The number of ether oxygens (including phenoxy) is 1. The average molecular weight is 340 g/mol. The van der Waals surface area contributed by atoms with Gasteiger partial charge in [0.1, 0.15) is 5.82 Å². The number of benzene rings is 2. The number of fused-ring (bicyclic) bond motifs is 3. The molecular formula is C20H21FN2O2. The lowest BCUT2D eigenvalue weighted by atomic mass is 9.84. The molecule has 130 valence electrons. The van der Waals surface area contributed by atoms with Gasteiger partial charge in [-0.1, -0.05) is 30.3 Å². The Morgan fingerprint density at radius 3 is 2.84 bits per heavy atom. The molecule has 2 aliphatic heterocycles. The fourth-order valence-corrected chi connectivity index (χ4v) is 3.78. The number of rotatable bonds is 3. The summed E-state index contributed by atoms with van der Waals surface area (Å²) in [5, 5.41) is 3.01. The summed E-state index contributed by atoms with van der Waals surface area (Å²) < 4.78 is 18.6. The van der Waals surface area contributed by atoms with Crippen molar-refractivity contribution >= 4 is 11.6 Å². The first-order chi connectivity index (χ1) is 12.2. The highest BCUT2D eigenvalue weighted by Gasteiger charge is 2.39. The maximum absolute atomic E-state index is 13.0. The third-order valence-corrected chi connectivity index (χ3v) is 5.09. The lowest BCUT2D eigenvalue weighted by molar-refractivity contribution is -0.127. The van der Waals surface area contributed by atoms with Gasteiger partial charge < -0.3 is 15.0 Å². The number of nitrogens with zero attached hydrogens (tertiary/aromatic N) is 1. The molecule has 0 aliphatic carbocycles. The summed E-state index contributed by atoms with van der Waals surface area (Å²) >= 11 is 0. The molecule has 1 saturated heterocycles. The molecule has 2 atom stereocenters. The third kappa shape index (κ3) is 3.24. The zero-order valence-electron chi connectivity index (χ0n) is 14.0. The first-order valence-corrected chi connectivity index (χ1v) is 8.67. The summed E-state index contributed by atoms with van der Waals surface area (Å²) in [7, 11) is 0. The van der Waals surface area contributed by atoms with Gasteiger partial charge in [0.2, 0.25) is 5.91 Å². The second-order valence-corrected chi connectivity index (χ2v) is 6.62. The number of carbonyl (C=O) groups is 1. The Hall–Kier alpha value is -2.40. The Labute approximate surface area is 146 Å². The summed E-state index contributed by atoms with van der Waals surface area (Å²) in [6, 6.07) is 14.6. The van der Waals surface area contributed by atoms with E-state index in [9.17, 15) is 9.18 Å². The van der Waals surface area contributed by atoms with E-state index in [1.54, 1.807) is 12.1 Å². The number of carbonyl (C=O) groups excluding carboxylic acids is 1. The summed E-state index contributed by atoms with van der Waals surface area (Å²) in [5.41, 5.74) is 3.32. The molecule has 1 fully saturated rings. The minimum Gasteiger partial charge on any atom is -0.377 e. The van der Waals surface area contributed by atoms with Gasteiger partial charge in [0, 0.05) is 18.8 Å². The first kappa shape index (κ1) is 16.1. The van der Waals surface area contributed by atoms with E-state index in [4.69, 9.17) is 4.74 Å². The molecule has 4 rings (SSSR count). The lowest BCUT2D eigenvalue weighted by Gasteiger charge is -2.45. The molecule has 1 N–H and O–H groups in total. The highest BCUT2D eigenvalue weighted by atomic mass is 19.1. The lowest BCUT2D eigenvalue weighted by Crippen LogP contribution is -2.56. The number of anilines is 1. The summed E-state index contributed by atoms with van der Waals surface area (Å²) in [4.78, 5) is 15.1. The molecule has 0 saturated carbocycles. The minimum atomic E-state index is -0.269. The van der Waals surface area contributed by atoms with E-state index in [-0.39, 0.29) is 23.7 Å². The molecule has 4 nitrogen and oxygen atoms in total. The number of para-hydroxylation sites is 1. The second-order valence-electron chi connectivity index (χ2n) is 6.62. The van der Waals surface area contributed by atoms with Crippen molar-refractivity contribution in [2.75, 3.05) is 24.7 Å². The van der Waals surface area contributed by atoms with Crippen LogP contribution in [0, 0.1) is 11.7 Å². The third-order valence-electron chi connectivity index (χ3n) is 5.09. The van der Waals surface area contributed by atoms with Gasteiger partial charge in [-0.05, 0) is 35.7 Å². The molecule has 2 aromatic rings. The van der Waals surface area contributed by atoms with Crippen molar-refractivity contribution in [1.82, 2.24) is 5.32 Å². The van der Waals surface area contributed by atoms with E-state index in [0.717, 1.165) is 18.5 Å². The Kier molecular flexibility index (Phi) is 4.40. The highest BCUT2D eigenvalue weighted by Crippen LogP contribution is 2.35. The van der Waals surface area contributed by atoms with Gasteiger partial charge in [-0.25, -0.2) is 4.39 Å². The second kappa shape index (κ2) is 6.84. The van der Waals surface area contributed by atoms with E-state index >= 15 is 0 Å². The van der Waals surface area contributed by atoms with Gasteiger partial charge in [-0.15, -0.1) is 0 Å². The van der Waals surface area contributed by atoms with Crippen LogP contribution >= 0.6 is 0 Å². The van der Waals surface area contributed by atoms with Gasteiger partial charge in [0.25, 0.3) is 0 Å². The molecule has 2 heterocycles. The molecule has 2 aliphatic rings. The molecule has 0 spiro atoms. The van der Waals surface area contributed by atoms with Crippen molar-refractivity contribution in [2.45, 2.75) is 19.0 Å². The van der Waals surface area contributed by atoms with Crippen molar-refractivity contribution in [3.8, 4) is 0 Å². The number of hydrogen-bond acceptors (Lipinski definition) is 3. The quantitative estimate of drug-likeness (QED) is 0.934. The normalized spacial score (nSPS) is 22.0. The van der Waals surface area contributed by atoms with Crippen LogP contribution in [0.4, 0.5) is 10.1 Å². The van der Waals surface area contributed by atoms with Crippen LogP contribution in [-0.2, 0) is 22.5 Å². The van der Waals surface area contributed by atoms with Crippen LogP contribution in [0.5, 0.6) is 0 Å². The van der Waals surface area contributed by atoms with Crippen LogP contribution in [0.25, 0.3) is 0 Å². The van der Waals surface area contributed by atoms with Gasteiger partial charge in [-0.2, -0.15) is 0 Å². The van der Waals surface area contributed by atoms with Crippen molar-refractivity contribution < 1.29 is 13.9 Å². The fourth-order valence-electron chi connectivity index (χ4n) is 3.78. The zero-order valence-corrected chi connectivity index (χ0v) is 14.0. The van der Waals surface area contributed by atoms with Crippen molar-refractivity contribution in [2.24, 2.45) is 5.92 Å². The predicted octanol–water partition coefficient (Wildman–Crippen LogP) is 2.52. The number of hydrogen-bond donors (Lipinski definition) is 1. The molecule has 5 heteroatoms. The smallest absolute Gasteiger partial charge is 0.225 e. The Morgan fingerprint density at radius 2 is 2.00 bits per heavy atom. The van der Waals surface area contributed by atoms with E-state index in [1.165, 1.54) is 23.4 Å². The van der Waals surface area contributed by atoms with Gasteiger partial charge in [0.15, 0.2) is 0 Å². The molecule has 2 aromatic carbocycles. The fraction of sp³-hybridized carbons (Fsp3) is 0.350. The SMILES string of the molecule is O=C(NCc1ccc(F)cc1)C1Cc2ccccc2N2CCOCC12. The largest absolute Gasteiger partial charge is 0.377 e. The zero-order chi connectivity index (χ0) is 17.2. The minimum absolute atomic E-state index is 0.0272. The maximum atomic E-state index is 13.0. The number of morpholine rings is 1. The van der Waals surface area contributed by atoms with Crippen LogP contribution in [0.1, 0.15) is 11.1 Å². The van der Waals surface area contributed by atoms with Crippen LogP contribution in [0.2, 0.25) is 0 Å². The number of halogens is 1. The van der Waals surface area contributed by atoms with E-state index in [1.807, 2.05) is 12.1 Å². The first-order valence-electron chi connectivity index (χ1n) is 8.67. The van der Waals surface area contributed by atoms with Crippen LogP contribution in [0.3, 0.4) is 0 Å². The summed E-state index contributed by atoms with van der Waals surface area (Å²) in [6.45, 7) is 2.48. The Bertz CT molecular complexity index is 763. The summed E-state index contributed by atoms with van der Waals surface area (Å²) in [5.74, 6) is -0.385. The van der Waals surface area contributed by atoms with E-state index in [2.05, 4.69) is 22.3 Å². The van der Waals surface area contributed by atoms with Gasteiger partial charge in [-0.3, -0.25) is 4.79 Å². The molecule has 0 radical (unpaired) electrons. The van der Waals surface area contributed by atoms with Crippen LogP contribution < -0.4 is 10.2 Å². The molecule has 1 amide bonds. The molecule has 2 unspecified atom stereocenters. The average Bonchev–Trinajstić information content (AvgIpc) is 2.66. The number of nitrogens with one attached hydrogen (secondary N) is 1. The Balaban J connectivity index is 1.50.